The van der Waals surface area contributed by atoms with Gasteiger partial charge in [-0.05, 0) is 62.4 Å². The Morgan fingerprint density at radius 3 is 2.04 bits per heavy atom. The van der Waals surface area contributed by atoms with Gasteiger partial charge in [0.05, 0.1) is 18.9 Å². The maximum atomic E-state index is 5.47. The van der Waals surface area contributed by atoms with E-state index in [2.05, 4.69) is 15.5 Å². The number of nitrogens with zero attached hydrogens (tertiary/aromatic N) is 3. The van der Waals surface area contributed by atoms with Crippen molar-refractivity contribution < 1.29 is 9.47 Å². The summed E-state index contributed by atoms with van der Waals surface area (Å²) >= 11 is 0. The summed E-state index contributed by atoms with van der Waals surface area (Å²) in [6.45, 7) is 5.23. The molecule has 6 nitrogen and oxygen atoms in total. The predicted octanol–water partition coefficient (Wildman–Crippen LogP) is 3.81. The van der Waals surface area contributed by atoms with Crippen molar-refractivity contribution in [2.75, 3.05) is 18.5 Å². The van der Waals surface area contributed by atoms with Crippen LogP contribution in [0.3, 0.4) is 0 Å². The summed E-state index contributed by atoms with van der Waals surface area (Å²) in [6.07, 6.45) is 1.67. The average Bonchev–Trinajstić information content (AvgIpc) is 3.06. The Bertz CT molecular complexity index is 766. The Morgan fingerprint density at radius 1 is 0.875 bits per heavy atom. The van der Waals surface area contributed by atoms with E-state index in [0.717, 1.165) is 22.9 Å². The van der Waals surface area contributed by atoms with Crippen LogP contribution in [-0.2, 0) is 0 Å². The molecule has 0 atom stereocenters. The first kappa shape index (κ1) is 15.9. The van der Waals surface area contributed by atoms with E-state index < -0.39 is 0 Å². The fourth-order valence-corrected chi connectivity index (χ4v) is 2.31. The van der Waals surface area contributed by atoms with E-state index in [1.54, 1.807) is 6.33 Å². The van der Waals surface area contributed by atoms with Crippen LogP contribution in [0.4, 0.5) is 11.6 Å². The molecule has 0 aliphatic rings. The minimum atomic E-state index is 0.642. The zero-order valence-electron chi connectivity index (χ0n) is 13.8. The van der Waals surface area contributed by atoms with Crippen LogP contribution >= 0.6 is 0 Å². The van der Waals surface area contributed by atoms with Crippen LogP contribution in [0.15, 0.2) is 54.9 Å². The number of aromatic nitrogens is 3. The van der Waals surface area contributed by atoms with Crippen molar-refractivity contribution in [1.29, 1.82) is 0 Å². The summed E-state index contributed by atoms with van der Waals surface area (Å²) in [5.74, 6) is 2.33. The van der Waals surface area contributed by atoms with Crippen LogP contribution in [0.1, 0.15) is 13.8 Å². The molecule has 3 rings (SSSR count). The van der Waals surface area contributed by atoms with Gasteiger partial charge in [-0.2, -0.15) is 0 Å². The maximum Gasteiger partial charge on any atom is 0.233 e. The van der Waals surface area contributed by atoms with Crippen LogP contribution in [0.5, 0.6) is 11.5 Å². The predicted molar refractivity (Wildman–Crippen MR) is 93.4 cm³/mol. The molecular weight excluding hydrogens is 304 g/mol. The molecule has 124 valence electrons. The normalized spacial score (nSPS) is 10.4. The lowest BCUT2D eigenvalue weighted by atomic mass is 10.3. The van der Waals surface area contributed by atoms with Crippen LogP contribution in [0.25, 0.3) is 5.69 Å². The van der Waals surface area contributed by atoms with E-state index >= 15 is 0 Å². The Hall–Kier alpha value is -3.02. The fraction of sp³-hybridized carbons (Fsp3) is 0.222. The number of benzene rings is 2. The van der Waals surface area contributed by atoms with Gasteiger partial charge in [-0.3, -0.25) is 4.57 Å². The van der Waals surface area contributed by atoms with Crippen LogP contribution in [0.2, 0.25) is 0 Å². The molecule has 1 aromatic heterocycles. The molecule has 0 spiro atoms. The van der Waals surface area contributed by atoms with Gasteiger partial charge in [0.15, 0.2) is 0 Å². The van der Waals surface area contributed by atoms with Crippen molar-refractivity contribution in [2.45, 2.75) is 13.8 Å². The Balaban J connectivity index is 1.77. The molecule has 0 aliphatic heterocycles. The summed E-state index contributed by atoms with van der Waals surface area (Å²) in [4.78, 5) is 0. The topological polar surface area (TPSA) is 61.2 Å². The van der Waals surface area contributed by atoms with Gasteiger partial charge in [-0.15, -0.1) is 10.2 Å². The van der Waals surface area contributed by atoms with E-state index in [4.69, 9.17) is 9.47 Å². The quantitative estimate of drug-likeness (QED) is 0.716. The number of hydrogen-bond acceptors (Lipinski definition) is 5. The van der Waals surface area contributed by atoms with E-state index in [-0.39, 0.29) is 0 Å². The molecule has 0 saturated heterocycles. The molecule has 0 radical (unpaired) electrons. The highest BCUT2D eigenvalue weighted by atomic mass is 16.5. The molecule has 2 aromatic carbocycles. The molecule has 1 N–H and O–H groups in total. The molecular formula is C18H20N4O2. The van der Waals surface area contributed by atoms with E-state index in [0.29, 0.717) is 19.2 Å². The maximum absolute atomic E-state index is 5.47. The SMILES string of the molecule is CCOc1ccc(Nc2nncn2-c2ccc(OCC)cc2)cc1. The van der Waals surface area contributed by atoms with Gasteiger partial charge in [0.1, 0.15) is 17.8 Å². The van der Waals surface area contributed by atoms with E-state index in [9.17, 15) is 0 Å². The Morgan fingerprint density at radius 2 is 1.46 bits per heavy atom. The molecule has 24 heavy (non-hydrogen) atoms. The first-order valence-electron chi connectivity index (χ1n) is 7.93. The van der Waals surface area contributed by atoms with Crippen molar-refractivity contribution in [1.82, 2.24) is 14.8 Å². The van der Waals surface area contributed by atoms with Crippen molar-refractivity contribution >= 4 is 11.6 Å². The second-order valence-corrected chi connectivity index (χ2v) is 5.03. The van der Waals surface area contributed by atoms with Crippen molar-refractivity contribution in [2.24, 2.45) is 0 Å². The molecule has 1 heterocycles. The fourth-order valence-electron chi connectivity index (χ4n) is 2.31. The first-order chi connectivity index (χ1) is 11.8. The van der Waals surface area contributed by atoms with Crippen molar-refractivity contribution in [3.05, 3.63) is 54.9 Å². The number of anilines is 2. The molecule has 0 fully saturated rings. The Kier molecular flexibility index (Phi) is 4.96. The van der Waals surface area contributed by atoms with Gasteiger partial charge in [0, 0.05) is 5.69 Å². The summed E-state index contributed by atoms with van der Waals surface area (Å²) in [6, 6.07) is 15.5. The molecule has 3 aromatic rings. The van der Waals surface area contributed by atoms with Gasteiger partial charge in [0.25, 0.3) is 0 Å². The molecule has 0 saturated carbocycles. The molecule has 0 amide bonds. The second-order valence-electron chi connectivity index (χ2n) is 5.03. The van der Waals surface area contributed by atoms with Gasteiger partial charge >= 0.3 is 0 Å². The van der Waals surface area contributed by atoms with Gasteiger partial charge in [-0.1, -0.05) is 0 Å². The second kappa shape index (κ2) is 7.50. The number of hydrogen-bond donors (Lipinski definition) is 1. The van der Waals surface area contributed by atoms with Gasteiger partial charge < -0.3 is 14.8 Å². The average molecular weight is 324 g/mol. The number of rotatable bonds is 7. The molecule has 6 heteroatoms. The van der Waals surface area contributed by atoms with Gasteiger partial charge in [0.2, 0.25) is 5.95 Å². The zero-order chi connectivity index (χ0) is 16.8. The third kappa shape index (κ3) is 3.65. The minimum absolute atomic E-state index is 0.642. The van der Waals surface area contributed by atoms with Crippen LogP contribution in [0, 0.1) is 0 Å². The third-order valence-corrected chi connectivity index (χ3v) is 3.40. The van der Waals surface area contributed by atoms with Crippen LogP contribution in [-0.4, -0.2) is 28.0 Å². The highest BCUT2D eigenvalue weighted by Gasteiger charge is 2.07. The summed E-state index contributed by atoms with van der Waals surface area (Å²) in [5.41, 5.74) is 1.87. The highest BCUT2D eigenvalue weighted by Crippen LogP contribution is 2.22. The summed E-state index contributed by atoms with van der Waals surface area (Å²) in [5, 5.41) is 11.4. The lowest BCUT2D eigenvalue weighted by Gasteiger charge is -2.10. The number of ether oxygens (including phenoxy) is 2. The monoisotopic (exact) mass is 324 g/mol. The minimum Gasteiger partial charge on any atom is -0.494 e. The van der Waals surface area contributed by atoms with E-state index in [1.165, 1.54) is 0 Å². The summed E-state index contributed by atoms with van der Waals surface area (Å²) in [7, 11) is 0. The standard InChI is InChI=1S/C18H20N4O2/c1-3-23-16-9-5-14(6-10-16)20-18-21-19-13-22(18)15-7-11-17(12-8-15)24-4-2/h5-13H,3-4H2,1-2H3,(H,20,21). The number of nitrogens with one attached hydrogen (secondary N) is 1. The lowest BCUT2D eigenvalue weighted by Crippen LogP contribution is -2.01. The zero-order valence-corrected chi connectivity index (χ0v) is 13.8. The Labute approximate surface area is 141 Å². The van der Waals surface area contributed by atoms with Crippen LogP contribution < -0.4 is 14.8 Å². The first-order valence-corrected chi connectivity index (χ1v) is 7.93. The van der Waals surface area contributed by atoms with Gasteiger partial charge in [-0.25, -0.2) is 0 Å². The highest BCUT2D eigenvalue weighted by molar-refractivity contribution is 5.56. The summed E-state index contributed by atoms with van der Waals surface area (Å²) < 4.78 is 12.8. The van der Waals surface area contributed by atoms with Crippen molar-refractivity contribution in [3.63, 3.8) is 0 Å². The largest absolute Gasteiger partial charge is 0.494 e. The third-order valence-electron chi connectivity index (χ3n) is 3.40. The molecule has 0 unspecified atom stereocenters. The lowest BCUT2D eigenvalue weighted by molar-refractivity contribution is 0.340. The molecule has 0 bridgehead atoms. The smallest absolute Gasteiger partial charge is 0.233 e. The van der Waals surface area contributed by atoms with Crippen molar-refractivity contribution in [3.8, 4) is 17.2 Å². The molecule has 0 aliphatic carbocycles. The van der Waals surface area contributed by atoms with E-state index in [1.807, 2.05) is 66.9 Å².